The first kappa shape index (κ1) is 11.5. The number of rotatable bonds is 1. The van der Waals surface area contributed by atoms with Crippen molar-refractivity contribution in [3.05, 3.63) is 35.5 Å². The van der Waals surface area contributed by atoms with Gasteiger partial charge in [-0.3, -0.25) is 4.79 Å². The Morgan fingerprint density at radius 2 is 1.93 bits per heavy atom. The Morgan fingerprint density at radius 3 is 2.53 bits per heavy atom. The number of aromatic amines is 1. The highest BCUT2D eigenvalue weighted by Crippen LogP contribution is 2.16. The lowest BCUT2D eigenvalue weighted by Gasteiger charge is -1.94. The first-order valence-corrected chi connectivity index (χ1v) is 5.27. The van der Waals surface area contributed by atoms with Crippen LogP contribution in [-0.4, -0.2) is 10.8 Å². The molecule has 15 heavy (non-hydrogen) atoms. The van der Waals surface area contributed by atoms with E-state index in [9.17, 15) is 4.79 Å². The summed E-state index contributed by atoms with van der Waals surface area (Å²) in [6, 6.07) is 7.75. The average Bonchev–Trinajstić information content (AvgIpc) is 2.59. The zero-order valence-electron chi connectivity index (χ0n) is 9.72. The van der Waals surface area contributed by atoms with Crippen molar-refractivity contribution in [3.63, 3.8) is 0 Å². The SMILES string of the molecule is CC.CC(=O)c1ccc2[nH]c(C)cc2c1.[HH]. The molecule has 2 aromatic rings. The molecule has 0 aliphatic rings. The molecule has 0 saturated carbocycles. The van der Waals surface area contributed by atoms with Gasteiger partial charge >= 0.3 is 0 Å². The molecule has 0 aliphatic heterocycles. The minimum absolute atomic E-state index is 0. The Bertz CT molecular complexity index is 474. The van der Waals surface area contributed by atoms with Gasteiger partial charge in [0.05, 0.1) is 0 Å². The maximum atomic E-state index is 11.1. The van der Waals surface area contributed by atoms with Gasteiger partial charge in [-0.05, 0) is 38.1 Å². The number of Topliss-reactive ketones (excluding diaryl/α,β-unsaturated/α-hetero) is 1. The number of aromatic nitrogens is 1. The molecule has 2 rings (SSSR count). The highest BCUT2D eigenvalue weighted by atomic mass is 16.1. The maximum Gasteiger partial charge on any atom is 0.159 e. The number of H-pyrrole nitrogens is 1. The number of carbonyl (C=O) groups is 1. The molecule has 0 atom stereocenters. The van der Waals surface area contributed by atoms with Gasteiger partial charge in [0.1, 0.15) is 0 Å². The lowest BCUT2D eigenvalue weighted by Crippen LogP contribution is -1.89. The van der Waals surface area contributed by atoms with E-state index in [2.05, 4.69) is 4.98 Å². The van der Waals surface area contributed by atoms with Crippen molar-refractivity contribution >= 4 is 16.7 Å². The second-order valence-electron chi connectivity index (χ2n) is 3.31. The maximum absolute atomic E-state index is 11.1. The molecule has 1 N–H and O–H groups in total. The van der Waals surface area contributed by atoms with E-state index in [-0.39, 0.29) is 7.21 Å². The van der Waals surface area contributed by atoms with E-state index in [4.69, 9.17) is 0 Å². The summed E-state index contributed by atoms with van der Waals surface area (Å²) in [6.45, 7) is 7.59. The first-order chi connectivity index (χ1) is 7.16. The smallest absolute Gasteiger partial charge is 0.159 e. The van der Waals surface area contributed by atoms with E-state index in [1.807, 2.05) is 45.0 Å². The van der Waals surface area contributed by atoms with Crippen molar-refractivity contribution in [3.8, 4) is 0 Å². The van der Waals surface area contributed by atoms with Crippen molar-refractivity contribution in [1.29, 1.82) is 0 Å². The van der Waals surface area contributed by atoms with E-state index in [1.165, 1.54) is 0 Å². The van der Waals surface area contributed by atoms with E-state index in [1.54, 1.807) is 6.92 Å². The lowest BCUT2D eigenvalue weighted by atomic mass is 10.1. The van der Waals surface area contributed by atoms with Gasteiger partial charge < -0.3 is 4.98 Å². The third-order valence-electron chi connectivity index (χ3n) is 2.16. The molecule has 1 aromatic heterocycles. The Kier molecular flexibility index (Phi) is 3.67. The Balaban J connectivity index is 0.000000711. The summed E-state index contributed by atoms with van der Waals surface area (Å²) in [5.74, 6) is 0.112. The molecule has 0 unspecified atom stereocenters. The van der Waals surface area contributed by atoms with Crippen LogP contribution in [0.25, 0.3) is 10.9 Å². The molecule has 2 nitrogen and oxygen atoms in total. The number of benzene rings is 1. The summed E-state index contributed by atoms with van der Waals surface area (Å²) in [5, 5.41) is 1.10. The first-order valence-electron chi connectivity index (χ1n) is 5.27. The minimum Gasteiger partial charge on any atom is -0.359 e. The van der Waals surface area contributed by atoms with Gasteiger partial charge in [0, 0.05) is 23.6 Å². The van der Waals surface area contributed by atoms with E-state index in [0.717, 1.165) is 22.2 Å². The molecule has 1 heterocycles. The summed E-state index contributed by atoms with van der Waals surface area (Å²) in [6.07, 6.45) is 0. The number of aryl methyl sites for hydroxylation is 1. The quantitative estimate of drug-likeness (QED) is 0.702. The van der Waals surface area contributed by atoms with Crippen LogP contribution in [0.15, 0.2) is 24.3 Å². The van der Waals surface area contributed by atoms with Crippen molar-refractivity contribution in [2.75, 3.05) is 0 Å². The average molecular weight is 205 g/mol. The van der Waals surface area contributed by atoms with Crippen LogP contribution < -0.4 is 0 Å². The number of hydrogen-bond acceptors (Lipinski definition) is 1. The summed E-state index contributed by atoms with van der Waals surface area (Å²) in [4.78, 5) is 14.3. The predicted octanol–water partition coefficient (Wildman–Crippen LogP) is 3.95. The third kappa shape index (κ3) is 2.46. The van der Waals surface area contributed by atoms with Crippen LogP contribution in [-0.2, 0) is 0 Å². The Hall–Kier alpha value is -1.57. The van der Waals surface area contributed by atoms with Gasteiger partial charge in [0.2, 0.25) is 0 Å². The molecular formula is C13H19NO. The molecular weight excluding hydrogens is 186 g/mol. The number of carbonyl (C=O) groups excluding carboxylic acids is 1. The largest absolute Gasteiger partial charge is 0.359 e. The molecule has 0 radical (unpaired) electrons. The molecule has 0 fully saturated rings. The molecule has 0 aliphatic carbocycles. The van der Waals surface area contributed by atoms with Crippen molar-refractivity contribution in [2.24, 2.45) is 0 Å². The summed E-state index contributed by atoms with van der Waals surface area (Å²) >= 11 is 0. The van der Waals surface area contributed by atoms with Crippen LogP contribution in [0, 0.1) is 6.92 Å². The lowest BCUT2D eigenvalue weighted by molar-refractivity contribution is 0.101. The van der Waals surface area contributed by atoms with Crippen molar-refractivity contribution in [2.45, 2.75) is 27.7 Å². The molecule has 0 spiro atoms. The predicted molar refractivity (Wildman–Crippen MR) is 66.5 cm³/mol. The molecule has 2 heteroatoms. The second-order valence-corrected chi connectivity index (χ2v) is 3.31. The number of fused-ring (bicyclic) bond motifs is 1. The van der Waals surface area contributed by atoms with Gasteiger partial charge in [-0.1, -0.05) is 13.8 Å². The van der Waals surface area contributed by atoms with Crippen LogP contribution in [0.1, 0.15) is 38.2 Å². The highest BCUT2D eigenvalue weighted by Gasteiger charge is 2.01. The van der Waals surface area contributed by atoms with Crippen LogP contribution in [0.5, 0.6) is 0 Å². The second kappa shape index (κ2) is 4.78. The summed E-state index contributed by atoms with van der Waals surface area (Å²) in [7, 11) is 0. The van der Waals surface area contributed by atoms with Gasteiger partial charge in [-0.2, -0.15) is 0 Å². The molecule has 0 amide bonds. The standard InChI is InChI=1S/C11H11NO.C2H6.H2/c1-7-5-10-6-9(8(2)13)3-4-11(10)12-7;1-2;/h3-6,12H,1-2H3;1-2H3;1H. The topological polar surface area (TPSA) is 32.9 Å². The third-order valence-corrected chi connectivity index (χ3v) is 2.16. The van der Waals surface area contributed by atoms with E-state index in [0.29, 0.717) is 0 Å². The van der Waals surface area contributed by atoms with Crippen LogP contribution in [0.4, 0.5) is 0 Å². The van der Waals surface area contributed by atoms with Gasteiger partial charge in [0.15, 0.2) is 5.78 Å². The van der Waals surface area contributed by atoms with Crippen molar-refractivity contribution < 1.29 is 6.22 Å². The van der Waals surface area contributed by atoms with Gasteiger partial charge in [-0.15, -0.1) is 0 Å². The fourth-order valence-corrected chi connectivity index (χ4v) is 1.50. The summed E-state index contributed by atoms with van der Waals surface area (Å²) < 4.78 is 0. The Morgan fingerprint density at radius 1 is 1.27 bits per heavy atom. The zero-order valence-corrected chi connectivity index (χ0v) is 9.72. The molecule has 0 saturated heterocycles. The number of nitrogens with one attached hydrogen (secondary N) is 1. The van der Waals surface area contributed by atoms with Crippen LogP contribution in [0.3, 0.4) is 0 Å². The highest BCUT2D eigenvalue weighted by molar-refractivity contribution is 5.98. The van der Waals surface area contributed by atoms with Crippen LogP contribution in [0.2, 0.25) is 0 Å². The zero-order chi connectivity index (χ0) is 11.4. The van der Waals surface area contributed by atoms with E-state index < -0.39 is 0 Å². The monoisotopic (exact) mass is 205 g/mol. The van der Waals surface area contributed by atoms with Crippen LogP contribution >= 0.6 is 0 Å². The molecule has 1 aromatic carbocycles. The molecule has 82 valence electrons. The fraction of sp³-hybridized carbons (Fsp3) is 0.308. The van der Waals surface area contributed by atoms with E-state index >= 15 is 0 Å². The summed E-state index contributed by atoms with van der Waals surface area (Å²) in [5.41, 5.74) is 2.98. The normalized spacial score (nSPS) is 9.60. The minimum atomic E-state index is 0. The molecule has 0 bridgehead atoms. The van der Waals surface area contributed by atoms with Crippen molar-refractivity contribution in [1.82, 2.24) is 4.98 Å². The van der Waals surface area contributed by atoms with Gasteiger partial charge in [-0.25, -0.2) is 0 Å². The van der Waals surface area contributed by atoms with Gasteiger partial charge in [0.25, 0.3) is 0 Å². The number of ketones is 1. The number of hydrogen-bond donors (Lipinski definition) is 1. The fourth-order valence-electron chi connectivity index (χ4n) is 1.50. The Labute approximate surface area is 91.8 Å².